The molecule has 154 valence electrons. The molecule has 0 bridgehead atoms. The topological polar surface area (TPSA) is 91.5 Å². The number of rotatable bonds is 7. The summed E-state index contributed by atoms with van der Waals surface area (Å²) >= 11 is 0. The zero-order valence-corrected chi connectivity index (χ0v) is 17.4. The summed E-state index contributed by atoms with van der Waals surface area (Å²) in [5.74, 6) is -1.12. The predicted octanol–water partition coefficient (Wildman–Crippen LogP) is 4.05. The Kier molecular flexibility index (Phi) is 7.15. The van der Waals surface area contributed by atoms with Gasteiger partial charge in [0.1, 0.15) is 5.60 Å². The molecule has 6 nitrogen and oxygen atoms in total. The molecule has 2 N–H and O–H groups in total. The van der Waals surface area contributed by atoms with E-state index in [1.165, 1.54) is 7.11 Å². The number of hydrogen-bond donors (Lipinski definition) is 1. The summed E-state index contributed by atoms with van der Waals surface area (Å²) in [6.45, 7) is 9.27. The Hall–Kier alpha value is -3.15. The molecule has 0 saturated heterocycles. The molecule has 1 heterocycles. The fraction of sp³-hybridized carbons (Fsp3) is 0.348. The number of pyridine rings is 1. The highest BCUT2D eigenvalue weighted by Gasteiger charge is 2.26. The van der Waals surface area contributed by atoms with Crippen molar-refractivity contribution >= 4 is 17.6 Å². The van der Waals surface area contributed by atoms with E-state index in [1.807, 2.05) is 39.0 Å². The van der Waals surface area contributed by atoms with Crippen molar-refractivity contribution in [2.24, 2.45) is 0 Å². The lowest BCUT2D eigenvalue weighted by molar-refractivity contribution is -0.156. The second-order valence-electron chi connectivity index (χ2n) is 7.76. The van der Waals surface area contributed by atoms with E-state index in [1.54, 1.807) is 24.4 Å². The lowest BCUT2D eigenvalue weighted by Crippen LogP contribution is -2.27. The summed E-state index contributed by atoms with van der Waals surface area (Å²) in [6, 6.07) is 8.99. The van der Waals surface area contributed by atoms with E-state index in [2.05, 4.69) is 16.3 Å². The van der Waals surface area contributed by atoms with Crippen LogP contribution in [-0.2, 0) is 25.5 Å². The third-order valence-electron chi connectivity index (χ3n) is 4.25. The number of aromatic nitrogens is 1. The van der Waals surface area contributed by atoms with E-state index in [4.69, 9.17) is 10.5 Å². The van der Waals surface area contributed by atoms with Gasteiger partial charge in [-0.25, -0.2) is 0 Å². The van der Waals surface area contributed by atoms with Crippen LogP contribution in [0.15, 0.2) is 49.2 Å². The summed E-state index contributed by atoms with van der Waals surface area (Å²) in [6.07, 6.45) is 3.94. The van der Waals surface area contributed by atoms with Gasteiger partial charge in [0, 0.05) is 17.4 Å². The standard InChI is InChI=1S/C23H28N2O4/c1-6-7-17(22(27)29-23(2,3)4)16-10-11-25-20(14-16)18-9-8-15(12-19(18)24)13-21(26)28-5/h6,8-12,14,17H,1,7,13,24H2,2-5H3. The van der Waals surface area contributed by atoms with Crippen LogP contribution in [0.3, 0.4) is 0 Å². The lowest BCUT2D eigenvalue weighted by atomic mass is 9.94. The van der Waals surface area contributed by atoms with Crippen LogP contribution in [0.4, 0.5) is 5.69 Å². The minimum atomic E-state index is -0.577. The van der Waals surface area contributed by atoms with E-state index < -0.39 is 11.5 Å². The van der Waals surface area contributed by atoms with Gasteiger partial charge >= 0.3 is 11.9 Å². The SMILES string of the molecule is C=CCC(C(=O)OC(C)(C)C)c1ccnc(-c2ccc(CC(=O)OC)cc2N)c1. The Morgan fingerprint density at radius 1 is 1.24 bits per heavy atom. The van der Waals surface area contributed by atoms with Crippen molar-refractivity contribution in [3.05, 3.63) is 60.3 Å². The molecule has 1 unspecified atom stereocenters. The molecule has 0 fully saturated rings. The van der Waals surface area contributed by atoms with E-state index in [0.29, 0.717) is 17.8 Å². The molecular weight excluding hydrogens is 368 g/mol. The third-order valence-corrected chi connectivity index (χ3v) is 4.25. The maximum absolute atomic E-state index is 12.7. The molecule has 1 aromatic carbocycles. The fourth-order valence-corrected chi connectivity index (χ4v) is 2.91. The van der Waals surface area contributed by atoms with Crippen LogP contribution in [0.2, 0.25) is 0 Å². The Labute approximate surface area is 171 Å². The van der Waals surface area contributed by atoms with Gasteiger partial charge < -0.3 is 15.2 Å². The van der Waals surface area contributed by atoms with Crippen molar-refractivity contribution in [1.82, 2.24) is 4.98 Å². The van der Waals surface area contributed by atoms with Gasteiger partial charge in [-0.2, -0.15) is 0 Å². The second-order valence-corrected chi connectivity index (χ2v) is 7.76. The number of carbonyl (C=O) groups is 2. The molecule has 29 heavy (non-hydrogen) atoms. The average Bonchev–Trinajstić information content (AvgIpc) is 2.64. The Morgan fingerprint density at radius 3 is 2.55 bits per heavy atom. The zero-order valence-electron chi connectivity index (χ0n) is 17.4. The number of methoxy groups -OCH3 is 1. The van der Waals surface area contributed by atoms with Crippen LogP contribution in [0, 0.1) is 0 Å². The van der Waals surface area contributed by atoms with Crippen LogP contribution in [0.1, 0.15) is 44.2 Å². The smallest absolute Gasteiger partial charge is 0.314 e. The van der Waals surface area contributed by atoms with E-state index >= 15 is 0 Å². The predicted molar refractivity (Wildman–Crippen MR) is 113 cm³/mol. The first-order chi connectivity index (χ1) is 13.6. The van der Waals surface area contributed by atoms with Crippen LogP contribution < -0.4 is 5.73 Å². The van der Waals surface area contributed by atoms with Crippen molar-refractivity contribution in [3.8, 4) is 11.3 Å². The van der Waals surface area contributed by atoms with Crippen molar-refractivity contribution < 1.29 is 19.1 Å². The molecule has 0 amide bonds. The molecule has 1 atom stereocenters. The van der Waals surface area contributed by atoms with Gasteiger partial charge in [-0.3, -0.25) is 14.6 Å². The monoisotopic (exact) mass is 396 g/mol. The summed E-state index contributed by atoms with van der Waals surface area (Å²) in [7, 11) is 1.35. The highest BCUT2D eigenvalue weighted by molar-refractivity contribution is 5.81. The number of allylic oxidation sites excluding steroid dienone is 1. The van der Waals surface area contributed by atoms with Gasteiger partial charge in [0.05, 0.1) is 25.1 Å². The Bertz CT molecular complexity index is 900. The number of carbonyl (C=O) groups excluding carboxylic acids is 2. The van der Waals surface area contributed by atoms with Gasteiger partial charge in [0.15, 0.2) is 0 Å². The van der Waals surface area contributed by atoms with Crippen molar-refractivity contribution in [1.29, 1.82) is 0 Å². The molecule has 2 rings (SSSR count). The lowest BCUT2D eigenvalue weighted by Gasteiger charge is -2.24. The molecule has 0 aliphatic rings. The van der Waals surface area contributed by atoms with Crippen molar-refractivity contribution in [2.45, 2.75) is 45.1 Å². The van der Waals surface area contributed by atoms with E-state index in [-0.39, 0.29) is 18.4 Å². The highest BCUT2D eigenvalue weighted by Crippen LogP contribution is 2.30. The largest absolute Gasteiger partial charge is 0.469 e. The molecule has 0 spiro atoms. The summed E-state index contributed by atoms with van der Waals surface area (Å²) in [5, 5.41) is 0. The number of nitrogens with two attached hydrogens (primary N) is 1. The first-order valence-corrected chi connectivity index (χ1v) is 9.40. The van der Waals surface area contributed by atoms with Gasteiger partial charge in [-0.15, -0.1) is 6.58 Å². The van der Waals surface area contributed by atoms with Crippen LogP contribution in [0.5, 0.6) is 0 Å². The van der Waals surface area contributed by atoms with Gasteiger partial charge in [-0.1, -0.05) is 18.2 Å². The summed E-state index contributed by atoms with van der Waals surface area (Å²) in [4.78, 5) is 28.5. The molecule has 0 aliphatic heterocycles. The quantitative estimate of drug-likeness (QED) is 0.431. The first kappa shape index (κ1) is 22.1. The zero-order chi connectivity index (χ0) is 21.6. The van der Waals surface area contributed by atoms with Gasteiger partial charge in [0.25, 0.3) is 0 Å². The molecule has 0 saturated carbocycles. The van der Waals surface area contributed by atoms with E-state index in [0.717, 1.165) is 16.7 Å². The minimum absolute atomic E-state index is 0.147. The molecule has 2 aromatic rings. The maximum atomic E-state index is 12.7. The fourth-order valence-electron chi connectivity index (χ4n) is 2.91. The third kappa shape index (κ3) is 6.17. The van der Waals surface area contributed by atoms with Crippen LogP contribution in [-0.4, -0.2) is 29.6 Å². The number of esters is 2. The molecule has 6 heteroatoms. The second kappa shape index (κ2) is 9.37. The highest BCUT2D eigenvalue weighted by atomic mass is 16.6. The van der Waals surface area contributed by atoms with Crippen LogP contribution >= 0.6 is 0 Å². The number of nitrogen functional groups attached to an aromatic ring is 1. The number of benzene rings is 1. The molecular formula is C23H28N2O4. The number of hydrogen-bond acceptors (Lipinski definition) is 6. The average molecular weight is 396 g/mol. The normalized spacial score (nSPS) is 12.1. The molecule has 1 aromatic heterocycles. The van der Waals surface area contributed by atoms with E-state index in [9.17, 15) is 9.59 Å². The maximum Gasteiger partial charge on any atom is 0.314 e. The van der Waals surface area contributed by atoms with Gasteiger partial charge in [-0.05, 0) is 56.5 Å². The Morgan fingerprint density at radius 2 is 1.97 bits per heavy atom. The molecule has 0 aliphatic carbocycles. The minimum Gasteiger partial charge on any atom is -0.469 e. The number of nitrogens with zero attached hydrogens (tertiary/aromatic N) is 1. The number of anilines is 1. The summed E-state index contributed by atoms with van der Waals surface area (Å²) in [5.41, 5.74) is 9.02. The molecule has 0 radical (unpaired) electrons. The Balaban J connectivity index is 2.35. The summed E-state index contributed by atoms with van der Waals surface area (Å²) < 4.78 is 10.3. The van der Waals surface area contributed by atoms with Crippen LogP contribution in [0.25, 0.3) is 11.3 Å². The first-order valence-electron chi connectivity index (χ1n) is 9.40. The van der Waals surface area contributed by atoms with Crippen molar-refractivity contribution in [2.75, 3.05) is 12.8 Å². The van der Waals surface area contributed by atoms with Gasteiger partial charge in [0.2, 0.25) is 0 Å². The van der Waals surface area contributed by atoms with Crippen molar-refractivity contribution in [3.63, 3.8) is 0 Å². The number of ether oxygens (including phenoxy) is 2.